The SMILES string of the molecule is O=[N+]([O-])c1ccc(Cl)c(C2NCCc3cc4c(cc32)OCO4)c1. The molecular weight excluding hydrogens is 320 g/mol. The lowest BCUT2D eigenvalue weighted by Crippen LogP contribution is -2.30. The van der Waals surface area contributed by atoms with E-state index in [9.17, 15) is 10.1 Å². The highest BCUT2D eigenvalue weighted by Gasteiger charge is 2.28. The van der Waals surface area contributed by atoms with Crippen molar-refractivity contribution in [3.05, 3.63) is 62.2 Å². The van der Waals surface area contributed by atoms with Gasteiger partial charge in [0.05, 0.1) is 11.0 Å². The van der Waals surface area contributed by atoms with Crippen molar-refractivity contribution in [3.63, 3.8) is 0 Å². The van der Waals surface area contributed by atoms with Gasteiger partial charge in [-0.15, -0.1) is 0 Å². The van der Waals surface area contributed by atoms with Crippen LogP contribution < -0.4 is 14.8 Å². The first-order valence-corrected chi connectivity index (χ1v) is 7.61. The van der Waals surface area contributed by atoms with E-state index in [4.69, 9.17) is 21.1 Å². The predicted molar refractivity (Wildman–Crippen MR) is 84.2 cm³/mol. The molecular formula is C16H13ClN2O4. The minimum Gasteiger partial charge on any atom is -0.454 e. The van der Waals surface area contributed by atoms with E-state index in [0.717, 1.165) is 29.8 Å². The molecule has 2 aliphatic rings. The zero-order chi connectivity index (χ0) is 16.0. The van der Waals surface area contributed by atoms with Crippen molar-refractivity contribution in [3.8, 4) is 11.5 Å². The van der Waals surface area contributed by atoms with Crippen LogP contribution >= 0.6 is 11.6 Å². The number of hydrogen-bond donors (Lipinski definition) is 1. The van der Waals surface area contributed by atoms with Crippen LogP contribution in [0.3, 0.4) is 0 Å². The fourth-order valence-electron chi connectivity index (χ4n) is 3.09. The topological polar surface area (TPSA) is 73.6 Å². The maximum absolute atomic E-state index is 11.1. The lowest BCUT2D eigenvalue weighted by atomic mass is 9.89. The number of nitrogens with one attached hydrogen (secondary N) is 1. The van der Waals surface area contributed by atoms with Gasteiger partial charge < -0.3 is 14.8 Å². The van der Waals surface area contributed by atoms with Gasteiger partial charge in [-0.25, -0.2) is 0 Å². The third-order valence-electron chi connectivity index (χ3n) is 4.19. The summed E-state index contributed by atoms with van der Waals surface area (Å²) in [5.41, 5.74) is 2.88. The summed E-state index contributed by atoms with van der Waals surface area (Å²) >= 11 is 6.30. The maximum Gasteiger partial charge on any atom is 0.269 e. The third kappa shape index (κ3) is 2.40. The largest absolute Gasteiger partial charge is 0.454 e. The molecule has 118 valence electrons. The second-order valence-corrected chi connectivity index (χ2v) is 5.91. The Labute approximate surface area is 137 Å². The van der Waals surface area contributed by atoms with E-state index in [2.05, 4.69) is 5.32 Å². The van der Waals surface area contributed by atoms with E-state index in [0.29, 0.717) is 16.3 Å². The van der Waals surface area contributed by atoms with E-state index in [1.165, 1.54) is 12.1 Å². The Balaban J connectivity index is 1.83. The molecule has 0 aliphatic carbocycles. The summed E-state index contributed by atoms with van der Waals surface area (Å²) in [6.07, 6.45) is 0.856. The average molecular weight is 333 g/mol. The van der Waals surface area contributed by atoms with E-state index < -0.39 is 4.92 Å². The first kappa shape index (κ1) is 14.3. The molecule has 2 aliphatic heterocycles. The van der Waals surface area contributed by atoms with Crippen LogP contribution in [0.5, 0.6) is 11.5 Å². The second-order valence-electron chi connectivity index (χ2n) is 5.50. The molecule has 1 unspecified atom stereocenters. The molecule has 1 atom stereocenters. The number of hydrogen-bond acceptors (Lipinski definition) is 5. The summed E-state index contributed by atoms with van der Waals surface area (Å²) in [6.45, 7) is 0.976. The van der Waals surface area contributed by atoms with E-state index in [1.54, 1.807) is 6.07 Å². The lowest BCUT2D eigenvalue weighted by Gasteiger charge is -2.28. The molecule has 4 rings (SSSR count). The van der Waals surface area contributed by atoms with Gasteiger partial charge in [0.1, 0.15) is 0 Å². The van der Waals surface area contributed by atoms with Crippen molar-refractivity contribution in [1.29, 1.82) is 0 Å². The van der Waals surface area contributed by atoms with Crippen molar-refractivity contribution >= 4 is 17.3 Å². The first-order valence-electron chi connectivity index (χ1n) is 7.23. The smallest absolute Gasteiger partial charge is 0.269 e. The molecule has 0 radical (unpaired) electrons. The Morgan fingerprint density at radius 2 is 1.96 bits per heavy atom. The number of halogens is 1. The Morgan fingerprint density at radius 1 is 1.17 bits per heavy atom. The van der Waals surface area contributed by atoms with Crippen molar-refractivity contribution in [1.82, 2.24) is 5.32 Å². The van der Waals surface area contributed by atoms with E-state index in [1.807, 2.05) is 12.1 Å². The fourth-order valence-corrected chi connectivity index (χ4v) is 3.32. The van der Waals surface area contributed by atoms with Gasteiger partial charge in [0.15, 0.2) is 11.5 Å². The molecule has 0 amide bonds. The van der Waals surface area contributed by atoms with Crippen LogP contribution in [0.1, 0.15) is 22.7 Å². The summed E-state index contributed by atoms with van der Waals surface area (Å²) in [7, 11) is 0. The molecule has 0 saturated heterocycles. The van der Waals surface area contributed by atoms with Gasteiger partial charge in [-0.05, 0) is 41.3 Å². The number of fused-ring (bicyclic) bond motifs is 2. The van der Waals surface area contributed by atoms with Crippen LogP contribution in [-0.4, -0.2) is 18.3 Å². The van der Waals surface area contributed by atoms with Crippen molar-refractivity contribution in [2.24, 2.45) is 0 Å². The van der Waals surface area contributed by atoms with Crippen LogP contribution in [0.4, 0.5) is 5.69 Å². The number of nitrogens with zero attached hydrogens (tertiary/aromatic N) is 1. The predicted octanol–water partition coefficient (Wildman–Crippen LogP) is 3.21. The van der Waals surface area contributed by atoms with Gasteiger partial charge >= 0.3 is 0 Å². The van der Waals surface area contributed by atoms with Crippen LogP contribution in [0, 0.1) is 10.1 Å². The Kier molecular flexibility index (Phi) is 3.36. The number of ether oxygens (including phenoxy) is 2. The molecule has 6 nitrogen and oxygen atoms in total. The summed E-state index contributed by atoms with van der Waals surface area (Å²) < 4.78 is 10.9. The van der Waals surface area contributed by atoms with Crippen molar-refractivity contribution < 1.29 is 14.4 Å². The Bertz CT molecular complexity index is 809. The van der Waals surface area contributed by atoms with Gasteiger partial charge in [0, 0.05) is 23.7 Å². The van der Waals surface area contributed by atoms with Crippen LogP contribution in [-0.2, 0) is 6.42 Å². The first-order chi connectivity index (χ1) is 11.1. The van der Waals surface area contributed by atoms with Crippen LogP contribution in [0.25, 0.3) is 0 Å². The van der Waals surface area contributed by atoms with Crippen LogP contribution in [0.15, 0.2) is 30.3 Å². The standard InChI is InChI=1S/C16H13ClN2O4/c17-13-2-1-10(19(20)21)6-12(13)16-11-7-15-14(22-8-23-15)5-9(11)3-4-18-16/h1-2,5-7,16,18H,3-4,8H2. The zero-order valence-electron chi connectivity index (χ0n) is 12.0. The monoisotopic (exact) mass is 332 g/mol. The van der Waals surface area contributed by atoms with Gasteiger partial charge in [-0.2, -0.15) is 0 Å². The summed E-state index contributed by atoms with van der Waals surface area (Å²) in [5, 5.41) is 14.9. The summed E-state index contributed by atoms with van der Waals surface area (Å²) in [5.74, 6) is 1.44. The number of nitro groups is 1. The molecule has 0 aromatic heterocycles. The van der Waals surface area contributed by atoms with Crippen molar-refractivity contribution in [2.45, 2.75) is 12.5 Å². The minimum absolute atomic E-state index is 0.0269. The molecule has 0 spiro atoms. The molecule has 23 heavy (non-hydrogen) atoms. The van der Waals surface area contributed by atoms with E-state index >= 15 is 0 Å². The van der Waals surface area contributed by atoms with Crippen LogP contribution in [0.2, 0.25) is 5.02 Å². The van der Waals surface area contributed by atoms with Gasteiger partial charge in [-0.3, -0.25) is 10.1 Å². The molecule has 2 aromatic rings. The minimum atomic E-state index is -0.413. The molecule has 2 aromatic carbocycles. The van der Waals surface area contributed by atoms with Crippen molar-refractivity contribution in [2.75, 3.05) is 13.3 Å². The average Bonchev–Trinajstić information content (AvgIpc) is 2.99. The highest BCUT2D eigenvalue weighted by atomic mass is 35.5. The quantitative estimate of drug-likeness (QED) is 0.675. The Hall–Kier alpha value is -2.31. The Morgan fingerprint density at radius 3 is 2.74 bits per heavy atom. The van der Waals surface area contributed by atoms with Gasteiger partial charge in [0.2, 0.25) is 6.79 Å². The lowest BCUT2D eigenvalue weighted by molar-refractivity contribution is -0.384. The van der Waals surface area contributed by atoms with Gasteiger partial charge in [-0.1, -0.05) is 11.6 Å². The number of nitro benzene ring substituents is 1. The number of benzene rings is 2. The number of rotatable bonds is 2. The van der Waals surface area contributed by atoms with Gasteiger partial charge in [0.25, 0.3) is 5.69 Å². The maximum atomic E-state index is 11.1. The molecule has 7 heteroatoms. The third-order valence-corrected chi connectivity index (χ3v) is 4.53. The highest BCUT2D eigenvalue weighted by Crippen LogP contribution is 2.41. The number of non-ortho nitro benzene ring substituents is 1. The molecule has 2 heterocycles. The molecule has 0 saturated carbocycles. The fraction of sp³-hybridized carbons (Fsp3) is 0.250. The molecule has 0 bridgehead atoms. The molecule has 1 N–H and O–H groups in total. The normalized spacial score (nSPS) is 18.6. The summed E-state index contributed by atoms with van der Waals surface area (Å²) in [6, 6.07) is 8.22. The molecule has 0 fully saturated rings. The second kappa shape index (κ2) is 5.40. The zero-order valence-corrected chi connectivity index (χ0v) is 12.8. The summed E-state index contributed by atoms with van der Waals surface area (Å²) in [4.78, 5) is 10.6. The van der Waals surface area contributed by atoms with E-state index in [-0.39, 0.29) is 18.5 Å². The highest BCUT2D eigenvalue weighted by molar-refractivity contribution is 6.31.